The summed E-state index contributed by atoms with van der Waals surface area (Å²) in [5.74, 6) is -1.04. The largest absolute Gasteiger partial charge is 0.461 e. The van der Waals surface area contributed by atoms with Gasteiger partial charge in [-0.3, -0.25) is 14.8 Å². The minimum atomic E-state index is -4.41. The highest BCUT2D eigenvalue weighted by Crippen LogP contribution is 2.22. The monoisotopic (exact) mass is 281 g/mol. The van der Waals surface area contributed by atoms with E-state index in [0.29, 0.717) is 4.68 Å². The third-order valence-corrected chi connectivity index (χ3v) is 2.03. The Morgan fingerprint density at radius 3 is 2.68 bits per heavy atom. The van der Waals surface area contributed by atoms with Crippen LogP contribution in [-0.2, 0) is 11.3 Å². The van der Waals surface area contributed by atoms with Gasteiger partial charge in [-0.1, -0.05) is 0 Å². The summed E-state index contributed by atoms with van der Waals surface area (Å²) in [6.07, 6.45) is -4.84. The first-order valence-corrected chi connectivity index (χ1v) is 5.20. The summed E-state index contributed by atoms with van der Waals surface area (Å²) in [6, 6.07) is 0. The number of carbonyl (C=O) groups excluding carboxylic acids is 1. The predicted molar refractivity (Wildman–Crippen MR) is 55.5 cm³/mol. The average Bonchev–Trinajstić information content (AvgIpc) is 2.70. The van der Waals surface area contributed by atoms with Crippen LogP contribution in [0.1, 0.15) is 23.8 Å². The molecule has 0 aliphatic rings. The maximum Gasteiger partial charge on any atom is 0.390 e. The third kappa shape index (κ3) is 4.23. The number of hydrogen-bond donors (Lipinski definition) is 0. The Hall–Kier alpha value is -2.13. The van der Waals surface area contributed by atoms with Gasteiger partial charge in [-0.25, -0.2) is 4.79 Å². The van der Waals surface area contributed by atoms with Crippen LogP contribution in [0.2, 0.25) is 0 Å². The molecule has 0 saturated carbocycles. The summed E-state index contributed by atoms with van der Waals surface area (Å²) >= 11 is 0. The fourth-order valence-electron chi connectivity index (χ4n) is 1.25. The number of ether oxygens (including phenoxy) is 1. The van der Waals surface area contributed by atoms with Crippen molar-refractivity contribution in [2.45, 2.75) is 26.1 Å². The van der Waals surface area contributed by atoms with E-state index < -0.39 is 41.4 Å². The lowest BCUT2D eigenvalue weighted by atomic mass is 10.4. The molecular weight excluding hydrogens is 271 g/mol. The molecule has 7 nitrogen and oxygen atoms in total. The predicted octanol–water partition coefficient (Wildman–Crippen LogP) is 1.92. The van der Waals surface area contributed by atoms with Crippen molar-refractivity contribution in [2.75, 3.05) is 6.61 Å². The fourth-order valence-corrected chi connectivity index (χ4v) is 1.25. The maximum atomic E-state index is 12.0. The van der Waals surface area contributed by atoms with Gasteiger partial charge in [-0.2, -0.15) is 18.3 Å². The number of esters is 1. The fraction of sp³-hybridized carbons (Fsp3) is 0.556. The van der Waals surface area contributed by atoms with Gasteiger partial charge in [0.05, 0.1) is 18.0 Å². The van der Waals surface area contributed by atoms with E-state index >= 15 is 0 Å². The molecule has 0 aliphatic heterocycles. The van der Waals surface area contributed by atoms with Crippen LogP contribution < -0.4 is 0 Å². The van der Waals surface area contributed by atoms with E-state index in [1.165, 1.54) is 6.92 Å². The Morgan fingerprint density at radius 1 is 1.58 bits per heavy atom. The minimum Gasteiger partial charge on any atom is -0.461 e. The molecule has 0 aliphatic carbocycles. The number of halogens is 3. The molecule has 1 rings (SSSR count). The Bertz CT molecular complexity index is 484. The molecule has 0 spiro atoms. The van der Waals surface area contributed by atoms with Crippen molar-refractivity contribution in [1.29, 1.82) is 0 Å². The molecule has 0 radical (unpaired) electrons. The molecule has 19 heavy (non-hydrogen) atoms. The zero-order valence-electron chi connectivity index (χ0n) is 9.81. The molecule has 0 bridgehead atoms. The summed E-state index contributed by atoms with van der Waals surface area (Å²) in [6.45, 7) is 0.861. The van der Waals surface area contributed by atoms with Crippen molar-refractivity contribution >= 4 is 11.7 Å². The third-order valence-electron chi connectivity index (χ3n) is 2.03. The van der Waals surface area contributed by atoms with Crippen LogP contribution >= 0.6 is 0 Å². The second kappa shape index (κ2) is 5.67. The summed E-state index contributed by atoms with van der Waals surface area (Å²) in [7, 11) is 0. The van der Waals surface area contributed by atoms with Crippen molar-refractivity contribution in [3.8, 4) is 0 Å². The van der Waals surface area contributed by atoms with Gasteiger partial charge >= 0.3 is 17.8 Å². The van der Waals surface area contributed by atoms with Crippen molar-refractivity contribution in [1.82, 2.24) is 9.78 Å². The normalized spacial score (nSPS) is 11.4. The van der Waals surface area contributed by atoms with Crippen molar-refractivity contribution in [3.63, 3.8) is 0 Å². The van der Waals surface area contributed by atoms with Crippen molar-refractivity contribution < 1.29 is 27.6 Å². The number of aryl methyl sites for hydroxylation is 1. The van der Waals surface area contributed by atoms with Gasteiger partial charge in [0.25, 0.3) is 0 Å². The molecule has 1 heterocycles. The first-order chi connectivity index (χ1) is 8.74. The Kier molecular flexibility index (Phi) is 4.46. The molecular formula is C9H10F3N3O4. The molecule has 1 aromatic rings. The molecule has 0 amide bonds. The lowest BCUT2D eigenvalue weighted by Crippen LogP contribution is -2.13. The van der Waals surface area contributed by atoms with Crippen LogP contribution in [0, 0.1) is 10.1 Å². The van der Waals surface area contributed by atoms with E-state index in [4.69, 9.17) is 0 Å². The summed E-state index contributed by atoms with van der Waals surface area (Å²) in [5, 5.41) is 14.1. The number of aromatic nitrogens is 2. The molecule has 0 aromatic carbocycles. The first-order valence-electron chi connectivity index (χ1n) is 5.20. The molecule has 0 unspecified atom stereocenters. The average molecular weight is 281 g/mol. The van der Waals surface area contributed by atoms with Gasteiger partial charge < -0.3 is 4.74 Å². The number of nitro groups is 1. The molecule has 1 aromatic heterocycles. The zero-order valence-corrected chi connectivity index (χ0v) is 9.81. The molecule has 106 valence electrons. The number of rotatable bonds is 5. The lowest BCUT2D eigenvalue weighted by molar-refractivity contribution is -0.385. The van der Waals surface area contributed by atoms with Crippen LogP contribution in [0.15, 0.2) is 6.20 Å². The number of carbonyl (C=O) groups is 1. The van der Waals surface area contributed by atoms with Crippen LogP contribution in [0.3, 0.4) is 0 Å². The molecule has 0 atom stereocenters. The Balaban J connectivity index is 2.94. The first kappa shape index (κ1) is 14.9. The smallest absolute Gasteiger partial charge is 0.390 e. The maximum absolute atomic E-state index is 12.0. The van der Waals surface area contributed by atoms with Gasteiger partial charge in [-0.15, -0.1) is 0 Å². The Morgan fingerprint density at radius 2 is 2.21 bits per heavy atom. The van der Waals surface area contributed by atoms with Gasteiger partial charge in [0, 0.05) is 6.54 Å². The second-order valence-electron chi connectivity index (χ2n) is 3.47. The molecule has 0 saturated heterocycles. The van der Waals surface area contributed by atoms with Crippen molar-refractivity contribution in [2.24, 2.45) is 0 Å². The van der Waals surface area contributed by atoms with Gasteiger partial charge in [0.1, 0.15) is 6.20 Å². The van der Waals surface area contributed by atoms with Gasteiger partial charge in [0.15, 0.2) is 0 Å². The highest BCUT2D eigenvalue weighted by Gasteiger charge is 2.30. The van der Waals surface area contributed by atoms with E-state index in [0.717, 1.165) is 6.20 Å². The topological polar surface area (TPSA) is 87.3 Å². The standard InChI is InChI=1S/C9H10F3N3O4/c1-2-19-8(16)7-6(15(17)18)5-14(13-7)4-3-9(10,11)12/h5H,2-4H2,1H3. The van der Waals surface area contributed by atoms with Crippen LogP contribution in [0.4, 0.5) is 18.9 Å². The van der Waals surface area contributed by atoms with E-state index in [-0.39, 0.29) is 6.61 Å². The van der Waals surface area contributed by atoms with E-state index in [1.54, 1.807) is 0 Å². The molecule has 0 fully saturated rings. The highest BCUT2D eigenvalue weighted by atomic mass is 19.4. The van der Waals surface area contributed by atoms with E-state index in [2.05, 4.69) is 9.84 Å². The number of nitrogens with zero attached hydrogens (tertiary/aromatic N) is 3. The van der Waals surface area contributed by atoms with Crippen LogP contribution in [-0.4, -0.2) is 33.5 Å². The molecule has 0 N–H and O–H groups in total. The molecule has 10 heteroatoms. The highest BCUT2D eigenvalue weighted by molar-refractivity contribution is 5.91. The Labute approximate surface area is 105 Å². The quantitative estimate of drug-likeness (QED) is 0.467. The lowest BCUT2D eigenvalue weighted by Gasteiger charge is -2.04. The van der Waals surface area contributed by atoms with E-state index in [9.17, 15) is 28.1 Å². The minimum absolute atomic E-state index is 0.0224. The summed E-state index contributed by atoms with van der Waals surface area (Å²) in [5.41, 5.74) is -1.28. The van der Waals surface area contributed by atoms with Gasteiger partial charge in [-0.05, 0) is 6.92 Å². The van der Waals surface area contributed by atoms with Crippen LogP contribution in [0.25, 0.3) is 0 Å². The van der Waals surface area contributed by atoms with Gasteiger partial charge in [0.2, 0.25) is 5.69 Å². The SMILES string of the molecule is CCOC(=O)c1nn(CCC(F)(F)F)cc1[N+](=O)[O-]. The summed E-state index contributed by atoms with van der Waals surface area (Å²) < 4.78 is 41.3. The number of alkyl halides is 3. The zero-order chi connectivity index (χ0) is 14.6. The summed E-state index contributed by atoms with van der Waals surface area (Å²) in [4.78, 5) is 21.1. The van der Waals surface area contributed by atoms with Crippen LogP contribution in [0.5, 0.6) is 0 Å². The van der Waals surface area contributed by atoms with Crippen molar-refractivity contribution in [3.05, 3.63) is 22.0 Å². The number of hydrogen-bond acceptors (Lipinski definition) is 5. The second-order valence-corrected chi connectivity index (χ2v) is 3.47. The van der Waals surface area contributed by atoms with E-state index in [1.807, 2.05) is 0 Å².